The highest BCUT2D eigenvalue weighted by molar-refractivity contribution is 7.12. The average molecular weight is 571 g/mol. The summed E-state index contributed by atoms with van der Waals surface area (Å²) in [4.78, 5) is 41.5. The second-order valence-electron chi connectivity index (χ2n) is 9.77. The molecule has 39 heavy (non-hydrogen) atoms. The van der Waals surface area contributed by atoms with Crippen LogP contribution in [-0.2, 0) is 19.9 Å². The Morgan fingerprint density at radius 3 is 2.13 bits per heavy atom. The highest BCUT2D eigenvalue weighted by Crippen LogP contribution is 2.38. The van der Waals surface area contributed by atoms with Crippen LogP contribution >= 0.6 is 22.7 Å². The molecule has 3 aromatic rings. The van der Waals surface area contributed by atoms with Gasteiger partial charge < -0.3 is 24.4 Å². The number of thiophene rings is 2. The number of carbonyl (C=O) groups excluding carboxylic acids is 3. The standard InChI is InChI=1S/C29H34N2O6S2/c1-30(15-16-31(2)27(33)20-36-23-11-7-21(19-32)8-12-23)22-9-13-24(14-10-22)37-28(34)29(35,25-5-3-17-38-25)26-6-4-18-39-26/h3-8,11-12,17-19,22,24,35H,9-10,13-16,20H2,1-2H3/t22-,24-. The fourth-order valence-electron chi connectivity index (χ4n) is 4.64. The molecule has 1 fully saturated rings. The molecule has 0 atom stereocenters. The van der Waals surface area contributed by atoms with E-state index in [1.807, 2.05) is 29.9 Å². The molecule has 1 N–H and O–H groups in total. The SMILES string of the molecule is CN(CCN(C)[C@H]1CC[C@H](OC(=O)C(O)(c2cccs2)c2cccs2)CC1)C(=O)COc1ccc(C=O)cc1. The maximum absolute atomic E-state index is 13.2. The number of hydrogen-bond donors (Lipinski definition) is 1. The van der Waals surface area contributed by atoms with Gasteiger partial charge in [-0.05, 0) is 79.9 Å². The predicted molar refractivity (Wildman–Crippen MR) is 151 cm³/mol. The van der Waals surface area contributed by atoms with Gasteiger partial charge in [-0.2, -0.15) is 0 Å². The predicted octanol–water partition coefficient (Wildman–Crippen LogP) is 4.18. The Hall–Kier alpha value is -3.05. The van der Waals surface area contributed by atoms with Gasteiger partial charge in [-0.15, -0.1) is 22.7 Å². The van der Waals surface area contributed by atoms with Crippen LogP contribution in [0.4, 0.5) is 0 Å². The highest BCUT2D eigenvalue weighted by Gasteiger charge is 2.45. The Labute approximate surface area is 236 Å². The smallest absolute Gasteiger partial charge is 0.349 e. The zero-order chi connectivity index (χ0) is 27.8. The molecule has 0 saturated heterocycles. The molecule has 0 bridgehead atoms. The quantitative estimate of drug-likeness (QED) is 0.258. The summed E-state index contributed by atoms with van der Waals surface area (Å²) >= 11 is 2.67. The number of esters is 1. The normalized spacial score (nSPS) is 17.5. The summed E-state index contributed by atoms with van der Waals surface area (Å²) < 4.78 is 11.4. The zero-order valence-corrected chi connectivity index (χ0v) is 23.8. The minimum absolute atomic E-state index is 0.0690. The number of nitrogens with zero attached hydrogens (tertiary/aromatic N) is 2. The van der Waals surface area contributed by atoms with Crippen LogP contribution in [0.15, 0.2) is 59.3 Å². The minimum atomic E-state index is -1.78. The van der Waals surface area contributed by atoms with E-state index in [2.05, 4.69) is 4.90 Å². The van der Waals surface area contributed by atoms with Crippen LogP contribution in [0.5, 0.6) is 5.75 Å². The molecule has 1 saturated carbocycles. The molecule has 2 aromatic heterocycles. The van der Waals surface area contributed by atoms with Gasteiger partial charge in [-0.1, -0.05) is 12.1 Å². The third kappa shape index (κ3) is 7.13. The van der Waals surface area contributed by atoms with Crippen LogP contribution in [0, 0.1) is 0 Å². The second kappa shape index (κ2) is 13.3. The van der Waals surface area contributed by atoms with Crippen molar-refractivity contribution in [1.29, 1.82) is 0 Å². The summed E-state index contributed by atoms with van der Waals surface area (Å²) in [5, 5.41) is 15.1. The van der Waals surface area contributed by atoms with Gasteiger partial charge in [0, 0.05) is 31.7 Å². The first-order chi connectivity index (χ1) is 18.8. The van der Waals surface area contributed by atoms with E-state index in [0.717, 1.165) is 32.0 Å². The van der Waals surface area contributed by atoms with E-state index in [9.17, 15) is 19.5 Å². The lowest BCUT2D eigenvalue weighted by Gasteiger charge is -2.36. The molecule has 2 heterocycles. The van der Waals surface area contributed by atoms with E-state index in [0.29, 0.717) is 40.2 Å². The average Bonchev–Trinajstić information content (AvgIpc) is 3.70. The van der Waals surface area contributed by atoms with Crippen LogP contribution in [0.1, 0.15) is 45.8 Å². The monoisotopic (exact) mass is 570 g/mol. The number of likely N-dealkylation sites (N-methyl/N-ethyl adjacent to an activating group) is 2. The van der Waals surface area contributed by atoms with Gasteiger partial charge in [0.15, 0.2) is 6.61 Å². The van der Waals surface area contributed by atoms with E-state index in [-0.39, 0.29) is 18.6 Å². The maximum atomic E-state index is 13.2. The highest BCUT2D eigenvalue weighted by atomic mass is 32.1. The van der Waals surface area contributed by atoms with Gasteiger partial charge in [0.2, 0.25) is 5.60 Å². The number of hydrogen-bond acceptors (Lipinski definition) is 9. The first-order valence-electron chi connectivity index (χ1n) is 12.9. The molecular formula is C29H34N2O6S2. The molecule has 208 valence electrons. The van der Waals surface area contributed by atoms with Crippen molar-refractivity contribution >= 4 is 40.8 Å². The van der Waals surface area contributed by atoms with E-state index in [1.54, 1.807) is 48.3 Å². The molecule has 0 spiro atoms. The van der Waals surface area contributed by atoms with E-state index in [1.165, 1.54) is 22.7 Å². The van der Waals surface area contributed by atoms with Crippen molar-refractivity contribution in [3.8, 4) is 5.75 Å². The Kier molecular flexibility index (Phi) is 9.90. The zero-order valence-electron chi connectivity index (χ0n) is 22.2. The molecule has 0 radical (unpaired) electrons. The summed E-state index contributed by atoms with van der Waals surface area (Å²) in [7, 11) is 3.81. The van der Waals surface area contributed by atoms with Crippen molar-refractivity contribution < 1.29 is 29.0 Å². The molecule has 1 aliphatic rings. The lowest BCUT2D eigenvalue weighted by molar-refractivity contribution is -0.169. The van der Waals surface area contributed by atoms with Gasteiger partial charge in [0.1, 0.15) is 18.1 Å². The summed E-state index contributed by atoms with van der Waals surface area (Å²) in [5.41, 5.74) is -1.23. The number of aliphatic hydroxyl groups is 1. The summed E-state index contributed by atoms with van der Waals surface area (Å²) in [6.07, 6.45) is 3.69. The van der Waals surface area contributed by atoms with Crippen LogP contribution in [0.25, 0.3) is 0 Å². The molecule has 4 rings (SSSR count). The molecule has 10 heteroatoms. The lowest BCUT2D eigenvalue weighted by atomic mass is 9.91. The molecule has 0 aliphatic heterocycles. The first kappa shape index (κ1) is 28.9. The van der Waals surface area contributed by atoms with Gasteiger partial charge in [0.05, 0.1) is 9.75 Å². The molecule has 1 aliphatic carbocycles. The van der Waals surface area contributed by atoms with Gasteiger partial charge >= 0.3 is 5.97 Å². The summed E-state index contributed by atoms with van der Waals surface area (Å²) in [5.74, 6) is -0.199. The van der Waals surface area contributed by atoms with E-state index in [4.69, 9.17) is 9.47 Å². The Morgan fingerprint density at radius 2 is 1.59 bits per heavy atom. The van der Waals surface area contributed by atoms with Gasteiger partial charge in [-0.3, -0.25) is 9.59 Å². The maximum Gasteiger partial charge on any atom is 0.349 e. The second-order valence-corrected chi connectivity index (χ2v) is 11.7. The molecule has 0 unspecified atom stereocenters. The molecule has 1 aromatic carbocycles. The third-order valence-corrected chi connectivity index (χ3v) is 9.14. The summed E-state index contributed by atoms with van der Waals surface area (Å²) in [6.45, 7) is 1.20. The van der Waals surface area contributed by atoms with Crippen molar-refractivity contribution in [1.82, 2.24) is 9.80 Å². The van der Waals surface area contributed by atoms with Crippen molar-refractivity contribution in [2.75, 3.05) is 33.8 Å². The molecule has 8 nitrogen and oxygen atoms in total. The van der Waals surface area contributed by atoms with Crippen LogP contribution < -0.4 is 4.74 Å². The lowest BCUT2D eigenvalue weighted by Crippen LogP contribution is -2.44. The van der Waals surface area contributed by atoms with Crippen LogP contribution in [0.3, 0.4) is 0 Å². The molecule has 1 amide bonds. The largest absolute Gasteiger partial charge is 0.484 e. The Balaban J connectivity index is 1.20. The number of rotatable bonds is 12. The third-order valence-electron chi connectivity index (χ3n) is 7.18. The fourth-order valence-corrected chi connectivity index (χ4v) is 6.36. The van der Waals surface area contributed by atoms with Crippen molar-refractivity contribution in [3.05, 3.63) is 74.6 Å². The topological polar surface area (TPSA) is 96.4 Å². The van der Waals surface area contributed by atoms with E-state index < -0.39 is 11.6 Å². The summed E-state index contributed by atoms with van der Waals surface area (Å²) in [6, 6.07) is 14.1. The van der Waals surface area contributed by atoms with Crippen molar-refractivity contribution in [3.63, 3.8) is 0 Å². The van der Waals surface area contributed by atoms with Gasteiger partial charge in [0.25, 0.3) is 5.91 Å². The number of aldehydes is 1. The van der Waals surface area contributed by atoms with Crippen molar-refractivity contribution in [2.24, 2.45) is 0 Å². The Morgan fingerprint density at radius 1 is 0.974 bits per heavy atom. The number of benzene rings is 1. The fraction of sp³-hybridized carbons (Fsp3) is 0.414. The molecular weight excluding hydrogens is 536 g/mol. The number of ether oxygens (including phenoxy) is 2. The van der Waals surface area contributed by atoms with Crippen molar-refractivity contribution in [2.45, 2.75) is 43.4 Å². The minimum Gasteiger partial charge on any atom is -0.484 e. The Bertz CT molecular complexity index is 1170. The van der Waals surface area contributed by atoms with Crippen LogP contribution in [0.2, 0.25) is 0 Å². The first-order valence-corrected chi connectivity index (χ1v) is 14.7. The number of amides is 1. The number of carbonyl (C=O) groups is 3. The van der Waals surface area contributed by atoms with Gasteiger partial charge in [-0.25, -0.2) is 4.79 Å². The van der Waals surface area contributed by atoms with E-state index >= 15 is 0 Å². The van der Waals surface area contributed by atoms with Crippen LogP contribution in [-0.4, -0.2) is 79.0 Å².